The molecule has 0 saturated heterocycles. The van der Waals surface area contributed by atoms with Gasteiger partial charge in [0, 0.05) is 24.9 Å². The van der Waals surface area contributed by atoms with Crippen LogP contribution in [0.5, 0.6) is 0 Å². The van der Waals surface area contributed by atoms with Crippen LogP contribution in [-0.4, -0.2) is 45.7 Å². The third-order valence-electron chi connectivity index (χ3n) is 1.89. The second-order valence-corrected chi connectivity index (χ2v) is 5.65. The van der Waals surface area contributed by atoms with Crippen LogP contribution in [0.4, 0.5) is 0 Å². The van der Waals surface area contributed by atoms with Crippen LogP contribution in [0, 0.1) is 0 Å². The Hall–Kier alpha value is -0.130. The van der Waals surface area contributed by atoms with Gasteiger partial charge in [0.2, 0.25) is 0 Å². The average molecular weight is 223 g/mol. The molecule has 0 aliphatic carbocycles. The maximum absolute atomic E-state index is 11.2. The van der Waals surface area contributed by atoms with Crippen molar-refractivity contribution in [1.29, 1.82) is 0 Å². The number of ether oxygens (including phenoxy) is 1. The molecule has 14 heavy (non-hydrogen) atoms. The van der Waals surface area contributed by atoms with Gasteiger partial charge in [-0.1, -0.05) is 6.92 Å². The van der Waals surface area contributed by atoms with E-state index >= 15 is 0 Å². The molecule has 0 heterocycles. The van der Waals surface area contributed by atoms with E-state index in [0.717, 1.165) is 0 Å². The summed E-state index contributed by atoms with van der Waals surface area (Å²) in [4.78, 5) is 0. The molecule has 0 amide bonds. The Kier molecular flexibility index (Phi) is 7.13. The second kappa shape index (κ2) is 7.20. The van der Waals surface area contributed by atoms with Crippen molar-refractivity contribution in [2.24, 2.45) is 0 Å². The van der Waals surface area contributed by atoms with E-state index in [2.05, 4.69) is 5.32 Å². The van der Waals surface area contributed by atoms with Gasteiger partial charge in [-0.2, -0.15) is 0 Å². The summed E-state index contributed by atoms with van der Waals surface area (Å²) in [6.07, 6.45) is 0. The van der Waals surface area contributed by atoms with E-state index in [-0.39, 0.29) is 17.5 Å². The lowest BCUT2D eigenvalue weighted by atomic mass is 10.4. The average Bonchev–Trinajstić information content (AvgIpc) is 2.12. The quantitative estimate of drug-likeness (QED) is 0.607. The number of hydrogen-bond acceptors (Lipinski definition) is 4. The van der Waals surface area contributed by atoms with Crippen LogP contribution in [0.1, 0.15) is 20.8 Å². The third-order valence-corrected chi connectivity index (χ3v) is 3.77. The monoisotopic (exact) mass is 223 g/mol. The topological polar surface area (TPSA) is 55.4 Å². The van der Waals surface area contributed by atoms with Gasteiger partial charge < -0.3 is 10.1 Å². The summed E-state index contributed by atoms with van der Waals surface area (Å²) < 4.78 is 27.6. The molecule has 4 nitrogen and oxygen atoms in total. The van der Waals surface area contributed by atoms with E-state index in [1.165, 1.54) is 0 Å². The molecule has 0 aromatic rings. The van der Waals surface area contributed by atoms with Crippen LogP contribution in [-0.2, 0) is 14.6 Å². The Morgan fingerprint density at radius 2 is 2.00 bits per heavy atom. The molecule has 0 spiro atoms. The fourth-order valence-electron chi connectivity index (χ4n) is 1.08. The molecular formula is C9H21NO3S. The van der Waals surface area contributed by atoms with Gasteiger partial charge in [-0.25, -0.2) is 8.42 Å². The highest BCUT2D eigenvalue weighted by Gasteiger charge is 2.12. The number of hydrogen-bond donors (Lipinski definition) is 1. The van der Waals surface area contributed by atoms with Gasteiger partial charge in [-0.15, -0.1) is 0 Å². The van der Waals surface area contributed by atoms with Gasteiger partial charge >= 0.3 is 0 Å². The highest BCUT2D eigenvalue weighted by atomic mass is 32.2. The largest absolute Gasteiger partial charge is 0.380 e. The fraction of sp³-hybridized carbons (Fsp3) is 1.00. The molecule has 86 valence electrons. The summed E-state index contributed by atoms with van der Waals surface area (Å²) in [6, 6.07) is 0.000376. The van der Waals surface area contributed by atoms with Gasteiger partial charge in [0.25, 0.3) is 0 Å². The normalized spacial score (nSPS) is 14.2. The Bertz CT molecular complexity index is 226. The zero-order chi connectivity index (χ0) is 11.0. The van der Waals surface area contributed by atoms with Crippen molar-refractivity contribution in [3.05, 3.63) is 0 Å². The molecule has 0 fully saturated rings. The van der Waals surface area contributed by atoms with E-state index in [1.807, 2.05) is 13.8 Å². The maximum Gasteiger partial charge on any atom is 0.151 e. The fourth-order valence-corrected chi connectivity index (χ4v) is 2.19. The summed E-state index contributed by atoms with van der Waals surface area (Å²) >= 11 is 0. The first kappa shape index (κ1) is 13.9. The molecule has 0 saturated carbocycles. The number of nitrogens with one attached hydrogen (secondary N) is 1. The lowest BCUT2D eigenvalue weighted by Crippen LogP contribution is -2.35. The zero-order valence-electron chi connectivity index (χ0n) is 9.25. The van der Waals surface area contributed by atoms with Crippen molar-refractivity contribution in [3.8, 4) is 0 Å². The minimum Gasteiger partial charge on any atom is -0.380 e. The lowest BCUT2D eigenvalue weighted by molar-refractivity contribution is 0.148. The van der Waals surface area contributed by atoms with E-state index < -0.39 is 9.84 Å². The lowest BCUT2D eigenvalue weighted by Gasteiger charge is -2.13. The highest BCUT2D eigenvalue weighted by molar-refractivity contribution is 7.91. The standard InChI is InChI=1S/C9H21NO3S/c1-4-13-7-6-10-9(3)8-14(11,12)5-2/h9-10H,4-8H2,1-3H3. The Labute approximate surface area is 86.9 Å². The van der Waals surface area contributed by atoms with Gasteiger partial charge in [-0.3, -0.25) is 0 Å². The molecule has 0 bridgehead atoms. The van der Waals surface area contributed by atoms with Gasteiger partial charge in [0.05, 0.1) is 12.4 Å². The minimum atomic E-state index is -2.86. The number of sulfone groups is 1. The van der Waals surface area contributed by atoms with Crippen LogP contribution >= 0.6 is 0 Å². The van der Waals surface area contributed by atoms with E-state index in [4.69, 9.17) is 4.74 Å². The van der Waals surface area contributed by atoms with Crippen LogP contribution in [0.2, 0.25) is 0 Å². The summed E-state index contributed by atoms with van der Waals surface area (Å²) in [5, 5.41) is 3.10. The van der Waals surface area contributed by atoms with Gasteiger partial charge in [0.1, 0.15) is 0 Å². The first-order valence-electron chi connectivity index (χ1n) is 5.03. The molecule has 0 aliphatic heterocycles. The zero-order valence-corrected chi connectivity index (χ0v) is 10.1. The summed E-state index contributed by atoms with van der Waals surface area (Å²) in [7, 11) is -2.86. The first-order valence-corrected chi connectivity index (χ1v) is 6.85. The van der Waals surface area contributed by atoms with Crippen LogP contribution in [0.15, 0.2) is 0 Å². The van der Waals surface area contributed by atoms with Crippen LogP contribution < -0.4 is 5.32 Å². The molecule has 0 radical (unpaired) electrons. The molecule has 5 heteroatoms. The van der Waals surface area contributed by atoms with Crippen molar-refractivity contribution < 1.29 is 13.2 Å². The smallest absolute Gasteiger partial charge is 0.151 e. The predicted octanol–water partition coefficient (Wildman–Crippen LogP) is 0.436. The first-order chi connectivity index (χ1) is 6.52. The molecule has 1 unspecified atom stereocenters. The Morgan fingerprint density at radius 1 is 1.36 bits per heavy atom. The van der Waals surface area contributed by atoms with Crippen molar-refractivity contribution in [1.82, 2.24) is 5.32 Å². The molecule has 0 aromatic heterocycles. The minimum absolute atomic E-state index is 0.000376. The summed E-state index contributed by atoms with van der Waals surface area (Å²) in [5.74, 6) is 0.417. The Balaban J connectivity index is 3.60. The van der Waals surface area contributed by atoms with Crippen LogP contribution in [0.25, 0.3) is 0 Å². The molecule has 0 aromatic carbocycles. The maximum atomic E-state index is 11.2. The van der Waals surface area contributed by atoms with Crippen molar-refractivity contribution in [2.75, 3.05) is 31.3 Å². The van der Waals surface area contributed by atoms with Crippen molar-refractivity contribution >= 4 is 9.84 Å². The molecule has 0 aliphatic rings. The molecule has 1 atom stereocenters. The van der Waals surface area contributed by atoms with E-state index in [1.54, 1.807) is 6.92 Å². The summed E-state index contributed by atoms with van der Waals surface area (Å²) in [6.45, 7) is 7.51. The molecular weight excluding hydrogens is 202 g/mol. The predicted molar refractivity (Wildman–Crippen MR) is 58.3 cm³/mol. The third kappa shape index (κ3) is 7.29. The molecule has 1 N–H and O–H groups in total. The second-order valence-electron chi connectivity index (χ2n) is 3.25. The van der Waals surface area contributed by atoms with Gasteiger partial charge in [-0.05, 0) is 13.8 Å². The van der Waals surface area contributed by atoms with E-state index in [9.17, 15) is 8.42 Å². The Morgan fingerprint density at radius 3 is 2.50 bits per heavy atom. The highest BCUT2D eigenvalue weighted by Crippen LogP contribution is 1.93. The van der Waals surface area contributed by atoms with E-state index in [0.29, 0.717) is 19.8 Å². The summed E-state index contributed by atoms with van der Waals surface area (Å²) in [5.41, 5.74) is 0. The molecule has 0 rings (SSSR count). The van der Waals surface area contributed by atoms with Crippen molar-refractivity contribution in [2.45, 2.75) is 26.8 Å². The SMILES string of the molecule is CCOCCNC(C)CS(=O)(=O)CC. The van der Waals surface area contributed by atoms with Gasteiger partial charge in [0.15, 0.2) is 9.84 Å². The van der Waals surface area contributed by atoms with Crippen LogP contribution in [0.3, 0.4) is 0 Å². The van der Waals surface area contributed by atoms with Crippen molar-refractivity contribution in [3.63, 3.8) is 0 Å². The number of rotatable bonds is 8.